The molecule has 6 nitrogen and oxygen atoms in total. The number of nitrogens with one attached hydrogen (secondary N) is 1. The van der Waals surface area contributed by atoms with Gasteiger partial charge in [-0.15, -0.1) is 0 Å². The van der Waals surface area contributed by atoms with Crippen LogP contribution in [0.2, 0.25) is 0 Å². The van der Waals surface area contributed by atoms with E-state index in [1.165, 1.54) is 6.08 Å². The number of nitrogens with zero attached hydrogens (tertiary/aromatic N) is 2. The lowest BCUT2D eigenvalue weighted by Crippen LogP contribution is -2.45. The maximum atomic E-state index is 15.2. The van der Waals surface area contributed by atoms with Gasteiger partial charge in [0.05, 0.1) is 19.6 Å². The standard InChI is InChI=1S/C42H52F4N4O2/c1-4-12-34(48-35-16-10-22-49(30-35)23-11-17-40(51)50-24-26-52-27-25-50)20-18-31(6-3)41(33-19-21-39(47)36(28-33)38(43)13-5-2)37(29-42(44,45)46)32-14-8-7-9-15-32/h6-9,11-15,17-21,28,35,48H,4-5,10,16,22-27,29-30,47H2,1-3H3/b17-11+,20-18-,31-6+,34-12-,38-13-,41-37+. The molecule has 2 fully saturated rings. The van der Waals surface area contributed by atoms with Gasteiger partial charge in [-0.2, -0.15) is 13.2 Å². The normalized spacial score (nSPS) is 19.0. The number of hydrogen-bond donors (Lipinski definition) is 2. The fourth-order valence-electron chi connectivity index (χ4n) is 6.56. The number of allylic oxidation sites excluding steroid dienone is 8. The van der Waals surface area contributed by atoms with Crippen LogP contribution in [0.5, 0.6) is 0 Å². The number of morpholine rings is 1. The average molecular weight is 721 g/mol. The quantitative estimate of drug-likeness (QED) is 0.0670. The molecule has 52 heavy (non-hydrogen) atoms. The highest BCUT2D eigenvalue weighted by Crippen LogP contribution is 2.41. The topological polar surface area (TPSA) is 70.8 Å². The first kappa shape index (κ1) is 40.4. The first-order valence-corrected chi connectivity index (χ1v) is 18.2. The maximum Gasteiger partial charge on any atom is 0.393 e. The van der Waals surface area contributed by atoms with Crippen molar-refractivity contribution < 1.29 is 27.1 Å². The third kappa shape index (κ3) is 12.1. The van der Waals surface area contributed by atoms with Crippen molar-refractivity contribution in [2.45, 2.75) is 65.1 Å². The summed E-state index contributed by atoms with van der Waals surface area (Å²) in [5.41, 5.74) is 9.23. The summed E-state index contributed by atoms with van der Waals surface area (Å²) >= 11 is 0. The van der Waals surface area contributed by atoms with Crippen LogP contribution in [0.15, 0.2) is 102 Å². The number of likely N-dealkylation sites (tertiary alicyclic amines) is 1. The molecular formula is C42H52F4N4O2. The molecule has 0 saturated carbocycles. The monoisotopic (exact) mass is 720 g/mol. The Labute approximate surface area is 306 Å². The zero-order valence-corrected chi connectivity index (χ0v) is 30.5. The Hall–Kier alpha value is -4.41. The Morgan fingerprint density at radius 1 is 0.981 bits per heavy atom. The molecule has 0 aromatic heterocycles. The van der Waals surface area contributed by atoms with Crippen LogP contribution in [0, 0.1) is 0 Å². The largest absolute Gasteiger partial charge is 0.398 e. The second-order valence-corrected chi connectivity index (χ2v) is 13.0. The molecule has 280 valence electrons. The lowest BCUT2D eigenvalue weighted by atomic mass is 9.86. The summed E-state index contributed by atoms with van der Waals surface area (Å²) in [5.74, 6) is -0.515. The minimum Gasteiger partial charge on any atom is -0.398 e. The summed E-state index contributed by atoms with van der Waals surface area (Å²) < 4.78 is 63.5. The molecule has 2 heterocycles. The summed E-state index contributed by atoms with van der Waals surface area (Å²) in [6, 6.07) is 13.4. The van der Waals surface area contributed by atoms with E-state index in [1.807, 2.05) is 25.2 Å². The summed E-state index contributed by atoms with van der Waals surface area (Å²) in [6.45, 7) is 10.3. The molecule has 2 aromatic rings. The second-order valence-electron chi connectivity index (χ2n) is 13.0. The van der Waals surface area contributed by atoms with Crippen molar-refractivity contribution in [3.63, 3.8) is 0 Å². The number of ether oxygens (including phenoxy) is 1. The number of alkyl halides is 3. The van der Waals surface area contributed by atoms with Gasteiger partial charge < -0.3 is 20.7 Å². The van der Waals surface area contributed by atoms with Gasteiger partial charge in [0, 0.05) is 55.2 Å². The van der Waals surface area contributed by atoms with E-state index in [4.69, 9.17) is 10.5 Å². The van der Waals surface area contributed by atoms with E-state index in [0.717, 1.165) is 38.0 Å². The fraction of sp³-hybridized carbons (Fsp3) is 0.405. The molecule has 0 aliphatic carbocycles. The molecule has 0 radical (unpaired) electrons. The maximum absolute atomic E-state index is 15.2. The fourth-order valence-corrected chi connectivity index (χ4v) is 6.56. The van der Waals surface area contributed by atoms with Crippen LogP contribution in [0.1, 0.15) is 69.6 Å². The van der Waals surface area contributed by atoms with Crippen molar-refractivity contribution in [1.82, 2.24) is 15.1 Å². The summed E-state index contributed by atoms with van der Waals surface area (Å²) in [5, 5.41) is 3.66. The van der Waals surface area contributed by atoms with Crippen molar-refractivity contribution in [3.8, 4) is 0 Å². The van der Waals surface area contributed by atoms with Gasteiger partial charge >= 0.3 is 6.18 Å². The third-order valence-corrected chi connectivity index (χ3v) is 9.07. The molecule has 1 amide bonds. The van der Waals surface area contributed by atoms with Crippen molar-refractivity contribution in [2.24, 2.45) is 0 Å². The molecule has 2 aliphatic heterocycles. The Bertz CT molecular complexity index is 1670. The molecule has 2 aromatic carbocycles. The lowest BCUT2D eigenvalue weighted by Gasteiger charge is -2.33. The summed E-state index contributed by atoms with van der Waals surface area (Å²) in [4.78, 5) is 16.6. The van der Waals surface area contributed by atoms with Crippen molar-refractivity contribution in [3.05, 3.63) is 119 Å². The van der Waals surface area contributed by atoms with Gasteiger partial charge in [0.15, 0.2) is 0 Å². The molecule has 1 atom stereocenters. The van der Waals surface area contributed by atoms with Crippen LogP contribution >= 0.6 is 0 Å². The van der Waals surface area contributed by atoms with Gasteiger partial charge in [0.2, 0.25) is 5.91 Å². The van der Waals surface area contributed by atoms with Crippen LogP contribution in [0.25, 0.3) is 17.0 Å². The molecule has 0 bridgehead atoms. The van der Waals surface area contributed by atoms with E-state index in [0.29, 0.717) is 61.5 Å². The van der Waals surface area contributed by atoms with Crippen molar-refractivity contribution >= 4 is 28.6 Å². The Balaban J connectivity index is 1.64. The first-order chi connectivity index (χ1) is 25.0. The van der Waals surface area contributed by atoms with E-state index in [9.17, 15) is 18.0 Å². The number of nitrogens with two attached hydrogens (primary N) is 1. The number of carbonyl (C=O) groups excluding carboxylic acids is 1. The summed E-state index contributed by atoms with van der Waals surface area (Å²) in [6.07, 6.45) is 10.0. The van der Waals surface area contributed by atoms with Gasteiger partial charge in [-0.3, -0.25) is 9.69 Å². The van der Waals surface area contributed by atoms with Gasteiger partial charge in [0.1, 0.15) is 5.83 Å². The highest BCUT2D eigenvalue weighted by Gasteiger charge is 2.32. The molecule has 2 saturated heterocycles. The second kappa shape index (κ2) is 20.0. The Kier molecular flexibility index (Phi) is 15.5. The molecule has 1 unspecified atom stereocenters. The predicted octanol–water partition coefficient (Wildman–Crippen LogP) is 9.12. The zero-order chi connectivity index (χ0) is 37.5. The van der Waals surface area contributed by atoms with Gasteiger partial charge in [0.25, 0.3) is 0 Å². The highest BCUT2D eigenvalue weighted by molar-refractivity contribution is 6.00. The number of amides is 1. The molecular weight excluding hydrogens is 668 g/mol. The zero-order valence-electron chi connectivity index (χ0n) is 30.5. The number of carbonyl (C=O) groups is 1. The van der Waals surface area contributed by atoms with Gasteiger partial charge in [-0.1, -0.05) is 74.5 Å². The van der Waals surface area contributed by atoms with Crippen molar-refractivity contribution in [1.29, 1.82) is 0 Å². The Morgan fingerprint density at radius 3 is 2.38 bits per heavy atom. The number of piperidine rings is 1. The lowest BCUT2D eigenvalue weighted by molar-refractivity contribution is -0.130. The van der Waals surface area contributed by atoms with Crippen LogP contribution in [0.4, 0.5) is 23.2 Å². The number of anilines is 1. The van der Waals surface area contributed by atoms with E-state index in [2.05, 4.69) is 16.3 Å². The smallest absolute Gasteiger partial charge is 0.393 e. The Morgan fingerprint density at radius 2 is 1.71 bits per heavy atom. The van der Waals surface area contributed by atoms with E-state index < -0.39 is 18.4 Å². The minimum absolute atomic E-state index is 0.00453. The molecule has 3 N–H and O–H groups in total. The van der Waals surface area contributed by atoms with Crippen LogP contribution in [0.3, 0.4) is 0 Å². The average Bonchev–Trinajstić information content (AvgIpc) is 3.13. The molecule has 2 aliphatic rings. The summed E-state index contributed by atoms with van der Waals surface area (Å²) in [7, 11) is 0. The number of hydrogen-bond acceptors (Lipinski definition) is 5. The number of rotatable bonds is 14. The molecule has 4 rings (SSSR count). The van der Waals surface area contributed by atoms with Crippen LogP contribution < -0.4 is 11.1 Å². The van der Waals surface area contributed by atoms with Crippen molar-refractivity contribution in [2.75, 3.05) is 51.7 Å². The first-order valence-electron chi connectivity index (χ1n) is 18.2. The van der Waals surface area contributed by atoms with Crippen LogP contribution in [-0.2, 0) is 9.53 Å². The molecule has 0 spiro atoms. The number of halogens is 4. The SMILES string of the molecule is C/C=C(\C=C/C(=C/CC)NC1CCCN(C/C=C/C(=O)N2CCOCC2)C1)C(=C(/CC(F)(F)F)c1ccccc1)/c1ccc(N)c(/C(F)=C/CC)c1. The van der Waals surface area contributed by atoms with E-state index >= 15 is 4.39 Å². The van der Waals surface area contributed by atoms with Gasteiger partial charge in [-0.05, 0) is 91.3 Å². The minimum atomic E-state index is -4.50. The van der Waals surface area contributed by atoms with Crippen LogP contribution in [-0.4, -0.2) is 73.9 Å². The third-order valence-electron chi connectivity index (χ3n) is 9.07. The molecule has 10 heteroatoms. The predicted molar refractivity (Wildman–Crippen MR) is 205 cm³/mol. The highest BCUT2D eigenvalue weighted by atomic mass is 19.4. The number of benzene rings is 2. The van der Waals surface area contributed by atoms with E-state index in [-0.39, 0.29) is 28.8 Å². The van der Waals surface area contributed by atoms with Gasteiger partial charge in [-0.25, -0.2) is 4.39 Å². The van der Waals surface area contributed by atoms with E-state index in [1.54, 1.807) is 79.4 Å². The number of nitrogen functional groups attached to an aromatic ring is 1.